The molecule has 0 spiro atoms. The number of benzene rings is 1. The molecule has 1 atom stereocenters. The summed E-state index contributed by atoms with van der Waals surface area (Å²) in [4.78, 5) is 31.5. The van der Waals surface area contributed by atoms with Crippen LogP contribution in [0, 0.1) is 0 Å². The van der Waals surface area contributed by atoms with Crippen molar-refractivity contribution in [3.05, 3.63) is 24.3 Å². The first-order chi connectivity index (χ1) is 13.1. The van der Waals surface area contributed by atoms with Crippen molar-refractivity contribution in [1.82, 2.24) is 4.90 Å². The van der Waals surface area contributed by atoms with Gasteiger partial charge in [-0.3, -0.25) is 19.5 Å². The smallest absolute Gasteiger partial charge is 0.242 e. The zero-order valence-electron chi connectivity index (χ0n) is 16.4. The average Bonchev–Trinajstić information content (AvgIpc) is 2.95. The Bertz CT molecular complexity index is 678. The van der Waals surface area contributed by atoms with Crippen LogP contribution in [0.2, 0.25) is 0 Å². The SMILES string of the molecule is CCCCN=C1S[C@H](CC(=O)Nc2cccc(OC)c2)C(=O)N1CCCC. The van der Waals surface area contributed by atoms with E-state index >= 15 is 0 Å². The second kappa shape index (κ2) is 11.0. The summed E-state index contributed by atoms with van der Waals surface area (Å²) in [5.41, 5.74) is 0.662. The summed E-state index contributed by atoms with van der Waals surface area (Å²) in [6.07, 6.45) is 4.15. The molecule has 0 radical (unpaired) electrons. The standard InChI is InChI=1S/C20H29N3O3S/c1-4-6-11-21-20-23(12-7-5-2)19(25)17(27-20)14-18(24)22-15-9-8-10-16(13-15)26-3/h8-10,13,17H,4-7,11-12,14H2,1-3H3,(H,22,24)/t17-/m1/s1. The Labute approximate surface area is 165 Å². The highest BCUT2D eigenvalue weighted by molar-refractivity contribution is 8.15. The topological polar surface area (TPSA) is 71.0 Å². The zero-order valence-corrected chi connectivity index (χ0v) is 17.2. The van der Waals surface area contributed by atoms with Crippen LogP contribution in [-0.2, 0) is 9.59 Å². The minimum Gasteiger partial charge on any atom is -0.497 e. The predicted octanol–water partition coefficient (Wildman–Crippen LogP) is 3.92. The van der Waals surface area contributed by atoms with Crippen molar-refractivity contribution in [3.63, 3.8) is 0 Å². The maximum Gasteiger partial charge on any atom is 0.242 e. The fraction of sp³-hybridized carbons (Fsp3) is 0.550. The minimum atomic E-state index is -0.409. The minimum absolute atomic E-state index is 0.00973. The monoisotopic (exact) mass is 391 g/mol. The maximum absolute atomic E-state index is 12.8. The Morgan fingerprint density at radius 1 is 1.30 bits per heavy atom. The Morgan fingerprint density at radius 3 is 2.78 bits per heavy atom. The summed E-state index contributed by atoms with van der Waals surface area (Å²) in [5.74, 6) is 0.485. The molecule has 148 valence electrons. The van der Waals surface area contributed by atoms with Gasteiger partial charge in [-0.25, -0.2) is 0 Å². The van der Waals surface area contributed by atoms with Gasteiger partial charge in [0.15, 0.2) is 5.17 Å². The predicted molar refractivity (Wildman–Crippen MR) is 111 cm³/mol. The second-order valence-corrected chi connectivity index (χ2v) is 7.62. The van der Waals surface area contributed by atoms with E-state index in [0.29, 0.717) is 18.0 Å². The third kappa shape index (κ3) is 6.27. The van der Waals surface area contributed by atoms with Crippen molar-refractivity contribution in [3.8, 4) is 5.75 Å². The first kappa shape index (κ1) is 21.3. The Morgan fingerprint density at radius 2 is 2.07 bits per heavy atom. The number of ether oxygens (including phenoxy) is 1. The third-order valence-electron chi connectivity index (χ3n) is 4.24. The summed E-state index contributed by atoms with van der Waals surface area (Å²) in [5, 5.41) is 3.20. The molecule has 0 bridgehead atoms. The van der Waals surface area contributed by atoms with E-state index < -0.39 is 5.25 Å². The van der Waals surface area contributed by atoms with Gasteiger partial charge < -0.3 is 10.1 Å². The Kier molecular flexibility index (Phi) is 8.64. The maximum atomic E-state index is 12.8. The van der Waals surface area contributed by atoms with Crippen LogP contribution in [0.15, 0.2) is 29.3 Å². The van der Waals surface area contributed by atoms with Gasteiger partial charge in [-0.05, 0) is 25.0 Å². The molecule has 1 aliphatic rings. The summed E-state index contributed by atoms with van der Waals surface area (Å²) in [6, 6.07) is 7.19. The number of hydrogen-bond donors (Lipinski definition) is 1. The fourth-order valence-electron chi connectivity index (χ4n) is 2.70. The van der Waals surface area contributed by atoms with Crippen LogP contribution < -0.4 is 10.1 Å². The average molecular weight is 392 g/mol. The number of thioether (sulfide) groups is 1. The number of amides is 2. The molecular formula is C20H29N3O3S. The quantitative estimate of drug-likeness (QED) is 0.614. The van der Waals surface area contributed by atoms with Gasteiger partial charge in [-0.15, -0.1) is 0 Å². The number of methoxy groups -OCH3 is 1. The molecule has 1 aromatic rings. The number of hydrogen-bond acceptors (Lipinski definition) is 5. The zero-order chi connectivity index (χ0) is 19.6. The van der Waals surface area contributed by atoms with E-state index in [9.17, 15) is 9.59 Å². The molecule has 0 saturated carbocycles. The van der Waals surface area contributed by atoms with Crippen LogP contribution in [0.5, 0.6) is 5.75 Å². The molecule has 0 aromatic heterocycles. The molecule has 27 heavy (non-hydrogen) atoms. The lowest BCUT2D eigenvalue weighted by molar-refractivity contribution is -0.128. The van der Waals surface area contributed by atoms with E-state index in [0.717, 1.165) is 37.4 Å². The molecule has 6 nitrogen and oxygen atoms in total. The molecule has 1 aromatic carbocycles. The highest BCUT2D eigenvalue weighted by atomic mass is 32.2. The van der Waals surface area contributed by atoms with E-state index in [2.05, 4.69) is 24.2 Å². The van der Waals surface area contributed by atoms with Gasteiger partial charge >= 0.3 is 0 Å². The number of aliphatic imine (C=N–C) groups is 1. The van der Waals surface area contributed by atoms with Gasteiger partial charge in [0.1, 0.15) is 11.0 Å². The normalized spacial score (nSPS) is 18.2. The lowest BCUT2D eigenvalue weighted by Crippen LogP contribution is -2.34. The lowest BCUT2D eigenvalue weighted by Gasteiger charge is -2.16. The number of rotatable bonds is 10. The van der Waals surface area contributed by atoms with E-state index in [1.165, 1.54) is 11.8 Å². The lowest BCUT2D eigenvalue weighted by atomic mass is 10.2. The molecule has 2 amide bonds. The third-order valence-corrected chi connectivity index (χ3v) is 5.45. The van der Waals surface area contributed by atoms with Crippen LogP contribution in [0.25, 0.3) is 0 Å². The molecule has 1 N–H and O–H groups in total. The Balaban J connectivity index is 2.00. The van der Waals surface area contributed by atoms with Crippen molar-refractivity contribution >= 4 is 34.4 Å². The van der Waals surface area contributed by atoms with Crippen molar-refractivity contribution < 1.29 is 14.3 Å². The van der Waals surface area contributed by atoms with Crippen LogP contribution in [0.4, 0.5) is 5.69 Å². The molecule has 2 rings (SSSR count). The molecular weight excluding hydrogens is 362 g/mol. The molecule has 1 heterocycles. The molecule has 1 saturated heterocycles. The largest absolute Gasteiger partial charge is 0.497 e. The van der Waals surface area contributed by atoms with Crippen molar-refractivity contribution in [2.75, 3.05) is 25.5 Å². The van der Waals surface area contributed by atoms with Gasteiger partial charge in [0.2, 0.25) is 11.8 Å². The number of anilines is 1. The first-order valence-corrected chi connectivity index (χ1v) is 10.4. The van der Waals surface area contributed by atoms with Crippen molar-refractivity contribution in [1.29, 1.82) is 0 Å². The van der Waals surface area contributed by atoms with Crippen molar-refractivity contribution in [2.45, 2.75) is 51.2 Å². The van der Waals surface area contributed by atoms with Gasteiger partial charge in [0, 0.05) is 31.3 Å². The summed E-state index contributed by atoms with van der Waals surface area (Å²) in [6.45, 7) is 5.60. The molecule has 1 fully saturated rings. The van der Waals surface area contributed by atoms with E-state index in [4.69, 9.17) is 4.74 Å². The summed E-state index contributed by atoms with van der Waals surface area (Å²) >= 11 is 1.42. The number of carbonyl (C=O) groups excluding carboxylic acids is 2. The van der Waals surface area contributed by atoms with Gasteiger partial charge in [0.25, 0.3) is 0 Å². The molecule has 0 aliphatic carbocycles. The number of nitrogens with zero attached hydrogens (tertiary/aromatic N) is 2. The summed E-state index contributed by atoms with van der Waals surface area (Å²) in [7, 11) is 1.58. The summed E-state index contributed by atoms with van der Waals surface area (Å²) < 4.78 is 5.17. The number of nitrogens with one attached hydrogen (secondary N) is 1. The van der Waals surface area contributed by atoms with E-state index in [1.807, 2.05) is 12.1 Å². The first-order valence-electron chi connectivity index (χ1n) is 9.55. The Hall–Kier alpha value is -2.02. The molecule has 0 unspecified atom stereocenters. The van der Waals surface area contributed by atoms with Crippen LogP contribution in [0.3, 0.4) is 0 Å². The number of carbonyl (C=O) groups is 2. The molecule has 1 aliphatic heterocycles. The van der Waals surface area contributed by atoms with Gasteiger partial charge in [0.05, 0.1) is 7.11 Å². The van der Waals surface area contributed by atoms with E-state index in [1.54, 1.807) is 24.1 Å². The van der Waals surface area contributed by atoms with Crippen molar-refractivity contribution in [2.24, 2.45) is 4.99 Å². The van der Waals surface area contributed by atoms with Gasteiger partial charge in [-0.2, -0.15) is 0 Å². The number of amidine groups is 1. The highest BCUT2D eigenvalue weighted by Crippen LogP contribution is 2.30. The second-order valence-electron chi connectivity index (χ2n) is 6.45. The highest BCUT2D eigenvalue weighted by Gasteiger charge is 2.38. The van der Waals surface area contributed by atoms with Crippen LogP contribution >= 0.6 is 11.8 Å². The number of unbranched alkanes of at least 4 members (excludes halogenated alkanes) is 2. The molecule has 7 heteroatoms. The van der Waals surface area contributed by atoms with E-state index in [-0.39, 0.29) is 18.2 Å². The van der Waals surface area contributed by atoms with Crippen LogP contribution in [0.1, 0.15) is 46.0 Å². The fourth-order valence-corrected chi connectivity index (χ4v) is 3.89. The van der Waals surface area contributed by atoms with Gasteiger partial charge in [-0.1, -0.05) is 44.5 Å². The van der Waals surface area contributed by atoms with Crippen LogP contribution in [-0.4, -0.2) is 47.3 Å².